The van der Waals surface area contributed by atoms with Gasteiger partial charge < -0.3 is 10.1 Å². The Balaban J connectivity index is 2.16. The lowest BCUT2D eigenvalue weighted by Crippen LogP contribution is -2.07. The van der Waals surface area contributed by atoms with E-state index in [0.717, 1.165) is 26.7 Å². The van der Waals surface area contributed by atoms with Gasteiger partial charge in [0.2, 0.25) is 0 Å². The third-order valence-corrected chi connectivity index (χ3v) is 4.74. The summed E-state index contributed by atoms with van der Waals surface area (Å²) in [5.41, 5.74) is 0.927. The summed E-state index contributed by atoms with van der Waals surface area (Å²) in [7, 11) is 3.55. The molecule has 0 saturated heterocycles. The Bertz CT molecular complexity index is 566. The molecule has 2 aromatic rings. The highest BCUT2D eigenvalue weighted by Crippen LogP contribution is 2.24. The van der Waals surface area contributed by atoms with Gasteiger partial charge in [-0.2, -0.15) is 0 Å². The van der Waals surface area contributed by atoms with Crippen LogP contribution in [0.15, 0.2) is 35.2 Å². The summed E-state index contributed by atoms with van der Waals surface area (Å²) in [6, 6.07) is 10.3. The maximum absolute atomic E-state index is 5.20. The molecule has 20 heavy (non-hydrogen) atoms. The number of thioether (sulfide) groups is 1. The van der Waals surface area contributed by atoms with Crippen LogP contribution in [0.2, 0.25) is 0 Å². The van der Waals surface area contributed by atoms with E-state index in [2.05, 4.69) is 50.0 Å². The summed E-state index contributed by atoms with van der Waals surface area (Å²) in [5, 5.41) is 3.11. The van der Waals surface area contributed by atoms with Crippen LogP contribution in [0.5, 0.6) is 0 Å². The van der Waals surface area contributed by atoms with Crippen LogP contribution in [0, 0.1) is 3.57 Å². The number of halogens is 1. The third-order valence-electron chi connectivity index (χ3n) is 2.60. The Morgan fingerprint density at radius 1 is 1.25 bits per heavy atom. The highest BCUT2D eigenvalue weighted by atomic mass is 127. The van der Waals surface area contributed by atoms with Crippen LogP contribution in [0.4, 0.5) is 5.82 Å². The molecular weight excluding hydrogens is 385 g/mol. The number of benzene rings is 1. The average molecular weight is 401 g/mol. The zero-order valence-corrected chi connectivity index (χ0v) is 14.4. The molecule has 0 saturated carbocycles. The van der Waals surface area contributed by atoms with Crippen molar-refractivity contribution >= 4 is 40.2 Å². The molecule has 0 atom stereocenters. The zero-order valence-electron chi connectivity index (χ0n) is 11.4. The minimum Gasteiger partial charge on any atom is -0.378 e. The number of hydrogen-bond acceptors (Lipinski definition) is 5. The van der Waals surface area contributed by atoms with Gasteiger partial charge in [0, 0.05) is 19.1 Å². The van der Waals surface area contributed by atoms with Crippen molar-refractivity contribution in [3.05, 3.63) is 45.4 Å². The fraction of sp³-hybridized carbons (Fsp3) is 0.286. The standard InChI is InChI=1S/C14H16IN3OS/c1-16-14-13(15)11(8-19-2)17-12(18-14)9-20-10-6-4-3-5-7-10/h3-7H,8-9H2,1-2H3,(H,16,17,18). The monoisotopic (exact) mass is 401 g/mol. The Morgan fingerprint density at radius 3 is 2.65 bits per heavy atom. The SMILES string of the molecule is CNc1nc(CSc2ccccc2)nc(COC)c1I. The lowest BCUT2D eigenvalue weighted by Gasteiger charge is -2.10. The highest BCUT2D eigenvalue weighted by Gasteiger charge is 2.11. The first-order valence-corrected chi connectivity index (χ1v) is 8.21. The molecule has 0 amide bonds. The number of rotatable bonds is 6. The molecule has 0 aliphatic rings. The second kappa shape index (κ2) is 7.80. The van der Waals surface area contributed by atoms with Crippen LogP contribution >= 0.6 is 34.4 Å². The summed E-state index contributed by atoms with van der Waals surface area (Å²) in [5.74, 6) is 2.42. The number of anilines is 1. The van der Waals surface area contributed by atoms with Crippen molar-refractivity contribution in [1.82, 2.24) is 9.97 Å². The lowest BCUT2D eigenvalue weighted by atomic mass is 10.4. The molecule has 1 heterocycles. The van der Waals surface area contributed by atoms with Crippen LogP contribution in [0.1, 0.15) is 11.5 Å². The van der Waals surface area contributed by atoms with Gasteiger partial charge in [-0.05, 0) is 34.7 Å². The van der Waals surface area contributed by atoms with Gasteiger partial charge in [-0.15, -0.1) is 11.8 Å². The second-order valence-electron chi connectivity index (χ2n) is 4.03. The molecule has 1 aromatic carbocycles. The summed E-state index contributed by atoms with van der Waals surface area (Å²) >= 11 is 3.98. The van der Waals surface area contributed by atoms with Gasteiger partial charge in [-0.3, -0.25) is 0 Å². The van der Waals surface area contributed by atoms with E-state index in [1.54, 1.807) is 18.9 Å². The predicted molar refractivity (Wildman–Crippen MR) is 91.0 cm³/mol. The molecular formula is C14H16IN3OS. The summed E-state index contributed by atoms with van der Waals surface area (Å²) in [4.78, 5) is 10.3. The Morgan fingerprint density at radius 2 is 2.00 bits per heavy atom. The first-order chi connectivity index (χ1) is 9.74. The molecule has 0 spiro atoms. The molecule has 0 radical (unpaired) electrons. The molecule has 1 aromatic heterocycles. The highest BCUT2D eigenvalue weighted by molar-refractivity contribution is 14.1. The van der Waals surface area contributed by atoms with Gasteiger partial charge in [0.15, 0.2) is 0 Å². The number of methoxy groups -OCH3 is 1. The quantitative estimate of drug-likeness (QED) is 0.593. The summed E-state index contributed by atoms with van der Waals surface area (Å²) in [6.45, 7) is 0.498. The van der Waals surface area contributed by atoms with Crippen LogP contribution in [-0.2, 0) is 17.1 Å². The number of hydrogen-bond donors (Lipinski definition) is 1. The number of nitrogens with zero attached hydrogens (tertiary/aromatic N) is 2. The van der Waals surface area contributed by atoms with E-state index in [1.807, 2.05) is 25.2 Å². The average Bonchev–Trinajstić information content (AvgIpc) is 2.49. The van der Waals surface area contributed by atoms with Crippen LogP contribution < -0.4 is 5.32 Å². The number of nitrogens with one attached hydrogen (secondary N) is 1. The van der Waals surface area contributed by atoms with E-state index in [0.29, 0.717) is 6.61 Å². The van der Waals surface area contributed by atoms with Crippen molar-refractivity contribution in [3.8, 4) is 0 Å². The summed E-state index contributed by atoms with van der Waals surface area (Å²) < 4.78 is 6.21. The normalized spacial score (nSPS) is 10.6. The van der Waals surface area contributed by atoms with Crippen molar-refractivity contribution < 1.29 is 4.74 Å². The first-order valence-electron chi connectivity index (χ1n) is 6.14. The van der Waals surface area contributed by atoms with E-state index in [4.69, 9.17) is 4.74 Å². The van der Waals surface area contributed by atoms with Gasteiger partial charge in [-0.25, -0.2) is 9.97 Å². The largest absolute Gasteiger partial charge is 0.378 e. The maximum Gasteiger partial charge on any atom is 0.143 e. The van der Waals surface area contributed by atoms with Gasteiger partial charge in [0.25, 0.3) is 0 Å². The van der Waals surface area contributed by atoms with Gasteiger partial charge in [-0.1, -0.05) is 18.2 Å². The number of aromatic nitrogens is 2. The van der Waals surface area contributed by atoms with E-state index in [-0.39, 0.29) is 0 Å². The third kappa shape index (κ3) is 4.07. The summed E-state index contributed by atoms with van der Waals surface area (Å²) in [6.07, 6.45) is 0. The zero-order chi connectivity index (χ0) is 14.4. The minimum atomic E-state index is 0.498. The molecule has 4 nitrogen and oxygen atoms in total. The Kier molecular flexibility index (Phi) is 6.06. The van der Waals surface area contributed by atoms with Crippen molar-refractivity contribution in [1.29, 1.82) is 0 Å². The van der Waals surface area contributed by atoms with Gasteiger partial charge in [0.1, 0.15) is 11.6 Å². The topological polar surface area (TPSA) is 47.0 Å². The molecule has 1 N–H and O–H groups in total. The molecule has 0 aliphatic heterocycles. The van der Waals surface area contributed by atoms with Crippen LogP contribution in [0.3, 0.4) is 0 Å². The molecule has 2 rings (SSSR count). The van der Waals surface area contributed by atoms with Crippen molar-refractivity contribution in [2.45, 2.75) is 17.3 Å². The first kappa shape index (κ1) is 15.5. The molecule has 106 valence electrons. The minimum absolute atomic E-state index is 0.498. The van der Waals surface area contributed by atoms with Gasteiger partial charge >= 0.3 is 0 Å². The number of ether oxygens (including phenoxy) is 1. The molecule has 0 fully saturated rings. The van der Waals surface area contributed by atoms with Crippen LogP contribution in [-0.4, -0.2) is 24.1 Å². The Labute approximate surface area is 136 Å². The predicted octanol–water partition coefficient (Wildman–Crippen LogP) is 3.56. The van der Waals surface area contributed by atoms with Crippen molar-refractivity contribution in [3.63, 3.8) is 0 Å². The van der Waals surface area contributed by atoms with Crippen molar-refractivity contribution in [2.75, 3.05) is 19.5 Å². The maximum atomic E-state index is 5.20. The van der Waals surface area contributed by atoms with E-state index in [1.165, 1.54) is 4.90 Å². The van der Waals surface area contributed by atoms with E-state index >= 15 is 0 Å². The van der Waals surface area contributed by atoms with E-state index in [9.17, 15) is 0 Å². The molecule has 0 bridgehead atoms. The molecule has 0 unspecified atom stereocenters. The lowest BCUT2D eigenvalue weighted by molar-refractivity contribution is 0.180. The van der Waals surface area contributed by atoms with Crippen LogP contribution in [0.25, 0.3) is 0 Å². The van der Waals surface area contributed by atoms with E-state index < -0.39 is 0 Å². The smallest absolute Gasteiger partial charge is 0.143 e. The fourth-order valence-corrected chi connectivity index (χ4v) is 3.11. The Hall–Kier alpha value is -0.860. The molecule has 6 heteroatoms. The fourth-order valence-electron chi connectivity index (χ4n) is 1.67. The molecule has 0 aliphatic carbocycles. The second-order valence-corrected chi connectivity index (χ2v) is 6.16. The van der Waals surface area contributed by atoms with Gasteiger partial charge in [0.05, 0.1) is 21.6 Å². The van der Waals surface area contributed by atoms with Crippen molar-refractivity contribution in [2.24, 2.45) is 0 Å².